The van der Waals surface area contributed by atoms with Crippen LogP contribution in [0.4, 0.5) is 14.6 Å². The van der Waals surface area contributed by atoms with Crippen LogP contribution in [0.2, 0.25) is 0 Å². The molecule has 5 aromatic rings. The van der Waals surface area contributed by atoms with Gasteiger partial charge in [-0.1, -0.05) is 29.5 Å². The molecule has 2 aliphatic heterocycles. The van der Waals surface area contributed by atoms with Gasteiger partial charge in [0, 0.05) is 68.9 Å². The third kappa shape index (κ3) is 6.16. The van der Waals surface area contributed by atoms with E-state index in [1.807, 2.05) is 35.2 Å². The standard InChI is InChI=1S/C38H38F2N8O4/c1-52-33-18-24(39)21-41-37(33)45-14-16-46(17-15-45)38(51)31-20-30-29(25-5-2-6-27-26(25)7-8-32(27)49)19-28(35(40)36(30)43-31)23-4-3-11-47(22-23)34(50)9-12-48-13-10-42-44-48/h2,4-6,10,13,18-21,32,43,49H,3,7-9,11-12,14-17,22H2,1H3/t32-/m1/s1. The minimum Gasteiger partial charge on any atom is -0.493 e. The first-order valence-electron chi connectivity index (χ1n) is 17.5. The van der Waals surface area contributed by atoms with Gasteiger partial charge in [0.2, 0.25) is 5.91 Å². The van der Waals surface area contributed by atoms with Crippen LogP contribution in [0, 0.1) is 11.6 Å². The van der Waals surface area contributed by atoms with Crippen LogP contribution in [0.5, 0.6) is 5.75 Å². The summed E-state index contributed by atoms with van der Waals surface area (Å²) in [4.78, 5) is 40.0. The molecular weight excluding hydrogens is 670 g/mol. The minimum absolute atomic E-state index is 0.0563. The molecule has 12 nitrogen and oxygen atoms in total. The Hall–Kier alpha value is -5.63. The van der Waals surface area contributed by atoms with Crippen molar-refractivity contribution in [3.8, 4) is 16.9 Å². The van der Waals surface area contributed by atoms with Crippen LogP contribution in [0.25, 0.3) is 27.6 Å². The number of pyridine rings is 1. The van der Waals surface area contributed by atoms with Crippen LogP contribution in [0.1, 0.15) is 52.5 Å². The van der Waals surface area contributed by atoms with E-state index in [0.717, 1.165) is 28.5 Å². The molecule has 0 saturated carbocycles. The first kappa shape index (κ1) is 33.5. The maximum absolute atomic E-state index is 16.8. The lowest BCUT2D eigenvalue weighted by Gasteiger charge is -2.35. The highest BCUT2D eigenvalue weighted by Crippen LogP contribution is 2.42. The van der Waals surface area contributed by atoms with Gasteiger partial charge in [-0.15, -0.1) is 5.10 Å². The largest absolute Gasteiger partial charge is 0.493 e. The third-order valence-corrected chi connectivity index (χ3v) is 10.4. The maximum atomic E-state index is 16.8. The predicted octanol–water partition coefficient (Wildman–Crippen LogP) is 4.76. The third-order valence-electron chi connectivity index (χ3n) is 10.4. The van der Waals surface area contributed by atoms with Crippen molar-refractivity contribution in [2.75, 3.05) is 51.3 Å². The van der Waals surface area contributed by atoms with Crippen LogP contribution in [-0.4, -0.2) is 98.1 Å². The van der Waals surface area contributed by atoms with Crippen molar-refractivity contribution >= 4 is 34.1 Å². The second-order valence-corrected chi connectivity index (χ2v) is 13.4. The molecule has 1 aliphatic carbocycles. The van der Waals surface area contributed by atoms with E-state index in [0.29, 0.717) is 86.6 Å². The van der Waals surface area contributed by atoms with E-state index in [1.165, 1.54) is 13.2 Å². The van der Waals surface area contributed by atoms with E-state index >= 15 is 4.39 Å². The fraction of sp³-hybridized carbons (Fsp3) is 0.342. The van der Waals surface area contributed by atoms with Gasteiger partial charge in [-0.05, 0) is 59.2 Å². The van der Waals surface area contributed by atoms with Crippen molar-refractivity contribution in [2.45, 2.75) is 38.3 Å². The number of aliphatic hydroxyl groups is 1. The molecule has 1 fully saturated rings. The molecule has 268 valence electrons. The number of nitrogens with one attached hydrogen (secondary N) is 1. The quantitative estimate of drug-likeness (QED) is 0.236. The normalized spacial score (nSPS) is 17.4. The molecule has 0 radical (unpaired) electrons. The Kier molecular flexibility index (Phi) is 8.91. The molecule has 2 amide bonds. The molecule has 1 saturated heterocycles. The van der Waals surface area contributed by atoms with E-state index in [9.17, 15) is 19.1 Å². The van der Waals surface area contributed by atoms with Gasteiger partial charge < -0.3 is 29.5 Å². The molecule has 5 heterocycles. The number of hydrogen-bond acceptors (Lipinski definition) is 8. The molecule has 0 bridgehead atoms. The van der Waals surface area contributed by atoms with E-state index in [4.69, 9.17) is 4.74 Å². The summed E-state index contributed by atoms with van der Waals surface area (Å²) < 4.78 is 37.5. The van der Waals surface area contributed by atoms with Crippen molar-refractivity contribution in [2.24, 2.45) is 0 Å². The molecule has 52 heavy (non-hydrogen) atoms. The van der Waals surface area contributed by atoms with Gasteiger partial charge >= 0.3 is 0 Å². The second kappa shape index (κ2) is 13.8. The zero-order chi connectivity index (χ0) is 35.9. The number of aromatic nitrogens is 5. The zero-order valence-corrected chi connectivity index (χ0v) is 28.7. The number of amides is 2. The molecule has 0 unspecified atom stereocenters. The molecule has 2 aromatic carbocycles. The van der Waals surface area contributed by atoms with Gasteiger partial charge in [0.1, 0.15) is 11.5 Å². The number of aromatic amines is 1. The van der Waals surface area contributed by atoms with Crippen molar-refractivity contribution < 1.29 is 28.2 Å². The summed E-state index contributed by atoms with van der Waals surface area (Å²) in [6, 6.07) is 10.6. The molecule has 3 aliphatic rings. The predicted molar refractivity (Wildman–Crippen MR) is 190 cm³/mol. The number of carbonyl (C=O) groups is 2. The number of fused-ring (bicyclic) bond motifs is 2. The highest BCUT2D eigenvalue weighted by atomic mass is 19.1. The van der Waals surface area contributed by atoms with E-state index < -0.39 is 17.7 Å². The first-order valence-corrected chi connectivity index (χ1v) is 17.5. The number of methoxy groups -OCH3 is 1. The number of carbonyl (C=O) groups excluding carboxylic acids is 2. The van der Waals surface area contributed by atoms with E-state index in [-0.39, 0.29) is 36.0 Å². The number of H-pyrrole nitrogens is 1. The van der Waals surface area contributed by atoms with Crippen molar-refractivity contribution in [1.82, 2.24) is 34.8 Å². The summed E-state index contributed by atoms with van der Waals surface area (Å²) in [6.45, 7) is 2.81. The number of aliphatic hydroxyl groups excluding tert-OH is 1. The Bertz CT molecular complexity index is 2190. The Balaban J connectivity index is 1.11. The SMILES string of the molecule is COc1cc(F)cnc1N1CCN(C(=O)c2cc3c(-c4cccc5c4CC[C@H]5O)cc(C4=CCCN(C(=O)CCn5ccnn5)C4)c(F)c3[nH]2)CC1. The summed E-state index contributed by atoms with van der Waals surface area (Å²) in [7, 11) is 1.46. The van der Waals surface area contributed by atoms with Gasteiger partial charge in [-0.3, -0.25) is 14.3 Å². The number of ether oxygens (including phenoxy) is 1. The number of nitrogens with zero attached hydrogens (tertiary/aromatic N) is 7. The first-order chi connectivity index (χ1) is 25.3. The minimum atomic E-state index is -0.574. The number of halogens is 2. The Morgan fingerprint density at radius 3 is 2.67 bits per heavy atom. The topological polar surface area (TPSA) is 133 Å². The molecule has 0 spiro atoms. The lowest BCUT2D eigenvalue weighted by molar-refractivity contribution is -0.131. The summed E-state index contributed by atoms with van der Waals surface area (Å²) in [5.74, 6) is -0.483. The molecule has 3 aromatic heterocycles. The Labute approximate surface area is 298 Å². The lowest BCUT2D eigenvalue weighted by Crippen LogP contribution is -2.49. The molecule has 14 heteroatoms. The van der Waals surface area contributed by atoms with Crippen molar-refractivity contribution in [3.05, 3.63) is 95.1 Å². The smallest absolute Gasteiger partial charge is 0.270 e. The van der Waals surface area contributed by atoms with Crippen LogP contribution in [-0.2, 0) is 17.8 Å². The summed E-state index contributed by atoms with van der Waals surface area (Å²) in [6.07, 6.45) is 7.91. The van der Waals surface area contributed by atoms with Gasteiger partial charge in [0.25, 0.3) is 5.91 Å². The zero-order valence-electron chi connectivity index (χ0n) is 28.7. The fourth-order valence-corrected chi connectivity index (χ4v) is 7.68. The second-order valence-electron chi connectivity index (χ2n) is 13.4. The lowest BCUT2D eigenvalue weighted by atomic mass is 9.90. The highest BCUT2D eigenvalue weighted by molar-refractivity contribution is 6.05. The Morgan fingerprint density at radius 2 is 1.88 bits per heavy atom. The van der Waals surface area contributed by atoms with Crippen LogP contribution in [0.15, 0.2) is 61.1 Å². The van der Waals surface area contributed by atoms with E-state index in [1.54, 1.807) is 32.9 Å². The van der Waals surface area contributed by atoms with Gasteiger partial charge in [0.05, 0.1) is 37.7 Å². The molecule has 8 rings (SSSR count). The number of hydrogen-bond donors (Lipinski definition) is 2. The van der Waals surface area contributed by atoms with Crippen molar-refractivity contribution in [1.29, 1.82) is 0 Å². The van der Waals surface area contributed by atoms with Crippen LogP contribution < -0.4 is 9.64 Å². The summed E-state index contributed by atoms with van der Waals surface area (Å²) in [5.41, 5.74) is 5.02. The number of anilines is 1. The molecular formula is C38H38F2N8O4. The van der Waals surface area contributed by atoms with Crippen molar-refractivity contribution in [3.63, 3.8) is 0 Å². The number of benzene rings is 2. The Morgan fingerprint density at radius 1 is 1.04 bits per heavy atom. The summed E-state index contributed by atoms with van der Waals surface area (Å²) in [5, 5.41) is 19.0. The van der Waals surface area contributed by atoms with Gasteiger partial charge in [0.15, 0.2) is 17.4 Å². The highest BCUT2D eigenvalue weighted by Gasteiger charge is 2.30. The average molecular weight is 709 g/mol. The number of piperazine rings is 1. The maximum Gasteiger partial charge on any atom is 0.270 e. The molecule has 1 atom stereocenters. The van der Waals surface area contributed by atoms with E-state index in [2.05, 4.69) is 20.3 Å². The van der Waals surface area contributed by atoms with Gasteiger partial charge in [-0.2, -0.15) is 0 Å². The number of aryl methyl sites for hydroxylation is 1. The number of rotatable bonds is 8. The average Bonchev–Trinajstić information content (AvgIpc) is 3.95. The summed E-state index contributed by atoms with van der Waals surface area (Å²) >= 11 is 0. The molecule has 2 N–H and O–H groups in total. The van der Waals surface area contributed by atoms with Gasteiger partial charge in [-0.25, -0.2) is 13.8 Å². The fourth-order valence-electron chi connectivity index (χ4n) is 7.68. The van der Waals surface area contributed by atoms with Crippen LogP contribution >= 0.6 is 0 Å². The monoisotopic (exact) mass is 708 g/mol. The van der Waals surface area contributed by atoms with Crippen LogP contribution in [0.3, 0.4) is 0 Å².